The molecule has 15 aromatic carbocycles. The van der Waals surface area contributed by atoms with Crippen molar-refractivity contribution < 1.29 is 6.85 Å². The standard InChI is InChI=1S/C99H74BN3/c1-97(2,3)70-56-68(57-71(61-70)98(4,5)6)67-50-55-90-87(58-67)100-86-54-53-73(102-88-46-24-19-37-80(88)81-38-20-25-47-89(81)102)62-91(86)101(72-51-48-64(49-52-72)63-28-10-7-11-29-63)92-59-69(60-93(95(92)100)103(90)96-75(65-30-12-8-13-31-65)40-27-41-76(96)66-32-14-9-15-33-66)74-39-26-42-82-79-36-18-23-45-85(79)99(94(74)82)83-43-21-16-34-77(83)78-35-17-22-44-84(78)99/h7-62H,1-6H3/i7D,10D,11D,28D,29D. The van der Waals surface area contributed by atoms with Gasteiger partial charge in [-0.1, -0.05) is 327 Å². The monoisotopic (exact) mass is 1320 g/mol. The molecule has 0 atom stereocenters. The van der Waals surface area contributed by atoms with Crippen molar-refractivity contribution in [1.82, 2.24) is 4.57 Å². The zero-order chi connectivity index (χ0) is 73.4. The quantitative estimate of drug-likeness (QED) is 0.141. The Balaban J connectivity index is 0.954. The van der Waals surface area contributed by atoms with Gasteiger partial charge in [0.2, 0.25) is 0 Å². The molecule has 0 bridgehead atoms. The highest BCUT2D eigenvalue weighted by Gasteiger charge is 2.53. The van der Waals surface area contributed by atoms with Gasteiger partial charge in [0.15, 0.2) is 0 Å². The minimum Gasteiger partial charge on any atom is -0.311 e. The molecular weight excluding hydrogens is 1240 g/mol. The fourth-order valence-electron chi connectivity index (χ4n) is 17.9. The smallest absolute Gasteiger partial charge is 0.252 e. The Kier molecular flexibility index (Phi) is 12.3. The SMILES string of the molecule is [2H]c1c([2H])c([2H])c(-c2ccc(N3c4cc(-n5c6ccccc6c6ccccc65)ccc4B4c5cc(-c6cc(C(C)(C)C)cc(C(C)(C)C)c6)ccc5N(c5c(-c6ccccc6)cccc5-c5ccccc5)c5cc(-c6cccc7c6C6(c8ccccc8-c8ccccc86)c6ccccc6-7)cc3c54)cc2)c([2H])c1[2H]. The van der Waals surface area contributed by atoms with Crippen LogP contribution in [0.4, 0.5) is 34.1 Å². The summed E-state index contributed by atoms with van der Waals surface area (Å²) in [5.74, 6) is 0. The molecule has 0 radical (unpaired) electrons. The van der Waals surface area contributed by atoms with Crippen LogP contribution in [0.15, 0.2) is 340 Å². The van der Waals surface area contributed by atoms with E-state index in [4.69, 9.17) is 4.11 Å². The van der Waals surface area contributed by atoms with Crippen molar-refractivity contribution in [2.45, 2.75) is 57.8 Å². The summed E-state index contributed by atoms with van der Waals surface area (Å²) in [7, 11) is 0. The highest BCUT2D eigenvalue weighted by atomic mass is 15.2. The summed E-state index contributed by atoms with van der Waals surface area (Å²) >= 11 is 0. The summed E-state index contributed by atoms with van der Waals surface area (Å²) in [6, 6.07) is 113. The van der Waals surface area contributed by atoms with Crippen LogP contribution in [0.25, 0.3) is 105 Å². The van der Waals surface area contributed by atoms with Crippen molar-refractivity contribution in [2.24, 2.45) is 0 Å². The van der Waals surface area contributed by atoms with Gasteiger partial charge in [-0.25, -0.2) is 0 Å². The molecule has 0 saturated heterocycles. The lowest BCUT2D eigenvalue weighted by Gasteiger charge is -2.45. The van der Waals surface area contributed by atoms with Gasteiger partial charge in [0.25, 0.3) is 6.71 Å². The predicted octanol–water partition coefficient (Wildman–Crippen LogP) is 24.1. The molecule has 0 unspecified atom stereocenters. The Labute approximate surface area is 611 Å². The van der Waals surface area contributed by atoms with Gasteiger partial charge in [-0.2, -0.15) is 0 Å². The lowest BCUT2D eigenvalue weighted by Crippen LogP contribution is -2.61. The van der Waals surface area contributed by atoms with Gasteiger partial charge in [-0.05, 0) is 182 Å². The van der Waals surface area contributed by atoms with Crippen molar-refractivity contribution in [3.63, 3.8) is 0 Å². The number of para-hydroxylation sites is 3. The molecule has 20 rings (SSSR count). The first-order chi connectivity index (χ1) is 52.4. The molecule has 16 aromatic rings. The molecule has 4 heteroatoms. The number of hydrogen-bond acceptors (Lipinski definition) is 2. The maximum atomic E-state index is 9.28. The van der Waals surface area contributed by atoms with Crippen LogP contribution in [0.5, 0.6) is 0 Å². The van der Waals surface area contributed by atoms with Crippen molar-refractivity contribution in [1.29, 1.82) is 0 Å². The van der Waals surface area contributed by atoms with Crippen LogP contribution < -0.4 is 26.2 Å². The van der Waals surface area contributed by atoms with Crippen LogP contribution in [0.2, 0.25) is 0 Å². The van der Waals surface area contributed by atoms with Crippen LogP contribution in [0.1, 0.15) is 81.8 Å². The highest BCUT2D eigenvalue weighted by molar-refractivity contribution is 7.00. The molecule has 0 amide bonds. The van der Waals surface area contributed by atoms with Crippen LogP contribution >= 0.6 is 0 Å². The average molecular weight is 1320 g/mol. The van der Waals surface area contributed by atoms with Crippen molar-refractivity contribution in [3.8, 4) is 83.6 Å². The van der Waals surface area contributed by atoms with E-state index < -0.39 is 11.5 Å². The first-order valence-electron chi connectivity index (χ1n) is 38.5. The van der Waals surface area contributed by atoms with Crippen molar-refractivity contribution >= 4 is 79.0 Å². The van der Waals surface area contributed by atoms with Gasteiger partial charge in [0, 0.05) is 56.0 Å². The molecule has 103 heavy (non-hydrogen) atoms. The number of fused-ring (bicyclic) bond motifs is 17. The van der Waals surface area contributed by atoms with E-state index in [-0.39, 0.29) is 47.3 Å². The molecule has 0 N–H and O–H groups in total. The van der Waals surface area contributed by atoms with Gasteiger partial charge in [-0.3, -0.25) is 0 Å². The number of hydrogen-bond donors (Lipinski definition) is 0. The third kappa shape index (κ3) is 9.16. The lowest BCUT2D eigenvalue weighted by atomic mass is 9.33. The molecule has 2 aliphatic carbocycles. The van der Waals surface area contributed by atoms with Crippen LogP contribution in [-0.4, -0.2) is 11.3 Å². The fourth-order valence-corrected chi connectivity index (χ4v) is 17.9. The average Bonchev–Trinajstić information content (AvgIpc) is 1.08. The summed E-state index contributed by atoms with van der Waals surface area (Å²) in [5.41, 5.74) is 33.5. The van der Waals surface area contributed by atoms with Crippen molar-refractivity contribution in [3.05, 3.63) is 373 Å². The topological polar surface area (TPSA) is 11.4 Å². The van der Waals surface area contributed by atoms with E-state index in [9.17, 15) is 2.74 Å². The van der Waals surface area contributed by atoms with Gasteiger partial charge in [0.1, 0.15) is 0 Å². The summed E-state index contributed by atoms with van der Waals surface area (Å²) < 4.78 is 47.3. The third-order valence-electron chi connectivity index (χ3n) is 22.6. The fraction of sp³-hybridized carbons (Fsp3) is 0.0909. The van der Waals surface area contributed by atoms with Gasteiger partial charge in [-0.15, -0.1) is 0 Å². The van der Waals surface area contributed by atoms with Gasteiger partial charge in [0.05, 0.1) is 29.0 Å². The Morgan fingerprint density at radius 2 is 0.796 bits per heavy atom. The Hall–Kier alpha value is -12.2. The first kappa shape index (κ1) is 55.5. The highest BCUT2D eigenvalue weighted by Crippen LogP contribution is 2.65. The van der Waals surface area contributed by atoms with Crippen LogP contribution in [0, 0.1) is 0 Å². The molecule has 4 aliphatic rings. The zero-order valence-electron chi connectivity index (χ0n) is 63.4. The molecule has 0 fully saturated rings. The first-order valence-corrected chi connectivity index (χ1v) is 36.0. The number of anilines is 6. The van der Waals surface area contributed by atoms with E-state index in [0.717, 1.165) is 117 Å². The largest absolute Gasteiger partial charge is 0.311 e. The van der Waals surface area contributed by atoms with E-state index in [1.807, 2.05) is 12.1 Å². The normalized spacial score (nSPS) is 14.2. The molecule has 3 nitrogen and oxygen atoms in total. The minimum atomic E-state index is -0.700. The molecule has 3 heterocycles. The lowest BCUT2D eigenvalue weighted by molar-refractivity contribution is 0.569. The number of benzene rings is 15. The second-order valence-electron chi connectivity index (χ2n) is 30.3. The predicted molar refractivity (Wildman–Crippen MR) is 436 cm³/mol. The number of aromatic nitrogens is 1. The number of rotatable bonds is 8. The maximum absolute atomic E-state index is 9.28. The number of nitrogens with zero attached hydrogens (tertiary/aromatic N) is 3. The van der Waals surface area contributed by atoms with E-state index in [2.05, 4.69) is 353 Å². The van der Waals surface area contributed by atoms with Gasteiger partial charge < -0.3 is 14.4 Å². The minimum absolute atomic E-state index is 0.139. The third-order valence-corrected chi connectivity index (χ3v) is 22.6. The molecule has 488 valence electrons. The molecule has 0 saturated carbocycles. The molecule has 2 aliphatic heterocycles. The second kappa shape index (κ2) is 22.9. The maximum Gasteiger partial charge on any atom is 0.252 e. The summed E-state index contributed by atoms with van der Waals surface area (Å²) in [6.07, 6.45) is 0. The molecule has 1 aromatic heterocycles. The Morgan fingerprint density at radius 3 is 1.38 bits per heavy atom. The summed E-state index contributed by atoms with van der Waals surface area (Å²) in [6.45, 7) is 13.6. The zero-order valence-corrected chi connectivity index (χ0v) is 58.4. The van der Waals surface area contributed by atoms with Crippen LogP contribution in [0.3, 0.4) is 0 Å². The molecular formula is C99H74BN3. The molecule has 1 spiro atoms. The summed E-state index contributed by atoms with van der Waals surface area (Å²) in [5, 5.41) is 2.33. The summed E-state index contributed by atoms with van der Waals surface area (Å²) in [4.78, 5) is 5.10. The van der Waals surface area contributed by atoms with E-state index in [1.54, 1.807) is 0 Å². The Bertz CT molecular complexity index is 6250. The van der Waals surface area contributed by atoms with Crippen LogP contribution in [-0.2, 0) is 16.2 Å². The van der Waals surface area contributed by atoms with E-state index in [1.165, 1.54) is 61.2 Å². The Morgan fingerprint density at radius 1 is 0.311 bits per heavy atom. The van der Waals surface area contributed by atoms with Crippen molar-refractivity contribution in [2.75, 3.05) is 9.80 Å². The van der Waals surface area contributed by atoms with Gasteiger partial charge >= 0.3 is 0 Å². The second-order valence-corrected chi connectivity index (χ2v) is 30.3. The van der Waals surface area contributed by atoms with E-state index in [0.29, 0.717) is 5.56 Å². The van der Waals surface area contributed by atoms with E-state index >= 15 is 0 Å².